The quantitative estimate of drug-likeness (QED) is 0.510. The van der Waals surface area contributed by atoms with E-state index in [4.69, 9.17) is 18.9 Å². The molecule has 0 spiro atoms. The zero-order chi connectivity index (χ0) is 23.5. The lowest BCUT2D eigenvalue weighted by Crippen LogP contribution is -2.39. The van der Waals surface area contributed by atoms with Crippen LogP contribution in [0.25, 0.3) is 0 Å². The first-order valence-corrected chi connectivity index (χ1v) is 11.6. The third-order valence-corrected chi connectivity index (χ3v) is 5.09. The Morgan fingerprint density at radius 3 is 2.36 bits per heavy atom. The highest BCUT2D eigenvalue weighted by Crippen LogP contribution is 2.19. The highest BCUT2D eigenvalue weighted by atomic mass is 16.6. The molecule has 1 aliphatic rings. The SMILES string of the molecule is CC(C)(C)OC(=O)N1CCC(NCCOCCOc2ccc(OCc3ccccc3)cc2)C1. The maximum atomic E-state index is 12.1. The van der Waals surface area contributed by atoms with Gasteiger partial charge in [0, 0.05) is 25.7 Å². The van der Waals surface area contributed by atoms with Gasteiger partial charge in [0.1, 0.15) is 30.3 Å². The topological polar surface area (TPSA) is 69.3 Å². The van der Waals surface area contributed by atoms with E-state index in [0.29, 0.717) is 33.0 Å². The lowest BCUT2D eigenvalue weighted by atomic mass is 10.2. The van der Waals surface area contributed by atoms with Crippen LogP contribution >= 0.6 is 0 Å². The number of carbonyl (C=O) groups is 1. The van der Waals surface area contributed by atoms with Crippen LogP contribution in [-0.4, -0.2) is 62.1 Å². The first-order valence-electron chi connectivity index (χ1n) is 11.6. The van der Waals surface area contributed by atoms with Crippen molar-refractivity contribution in [2.75, 3.05) is 39.5 Å². The fourth-order valence-electron chi connectivity index (χ4n) is 3.45. The summed E-state index contributed by atoms with van der Waals surface area (Å²) < 4.78 is 22.6. The Morgan fingerprint density at radius 2 is 1.67 bits per heavy atom. The molecule has 0 aromatic heterocycles. The molecule has 2 aromatic carbocycles. The molecule has 3 rings (SSSR count). The Bertz CT molecular complexity index is 836. The number of nitrogens with one attached hydrogen (secondary N) is 1. The average molecular weight is 457 g/mol. The molecule has 7 heteroatoms. The number of rotatable bonds is 11. The standard InChI is InChI=1S/C26H36N2O5/c1-26(2,3)33-25(29)28-15-13-22(19-28)27-14-16-30-17-18-31-23-9-11-24(12-10-23)32-20-21-7-5-4-6-8-21/h4-12,22,27H,13-20H2,1-3H3. The molecule has 0 aliphatic carbocycles. The molecule has 0 saturated carbocycles. The average Bonchev–Trinajstić information content (AvgIpc) is 3.27. The van der Waals surface area contributed by atoms with Crippen LogP contribution in [0, 0.1) is 0 Å². The van der Waals surface area contributed by atoms with E-state index in [2.05, 4.69) is 5.32 Å². The van der Waals surface area contributed by atoms with Gasteiger partial charge < -0.3 is 29.2 Å². The van der Waals surface area contributed by atoms with E-state index in [0.717, 1.165) is 36.6 Å². The monoisotopic (exact) mass is 456 g/mol. The number of ether oxygens (including phenoxy) is 4. The minimum atomic E-state index is -0.462. The Morgan fingerprint density at radius 1 is 0.970 bits per heavy atom. The molecule has 1 aliphatic heterocycles. The smallest absolute Gasteiger partial charge is 0.410 e. The van der Waals surface area contributed by atoms with Gasteiger partial charge in [0.25, 0.3) is 0 Å². The third-order valence-electron chi connectivity index (χ3n) is 5.09. The second-order valence-electron chi connectivity index (χ2n) is 9.07. The van der Waals surface area contributed by atoms with E-state index in [1.54, 1.807) is 4.90 Å². The number of benzene rings is 2. The van der Waals surface area contributed by atoms with Gasteiger partial charge >= 0.3 is 6.09 Å². The maximum absolute atomic E-state index is 12.1. The molecule has 1 saturated heterocycles. The van der Waals surface area contributed by atoms with Crippen LogP contribution in [0.1, 0.15) is 32.8 Å². The van der Waals surface area contributed by atoms with Gasteiger partial charge in [-0.25, -0.2) is 4.79 Å². The van der Waals surface area contributed by atoms with Crippen LogP contribution in [0.2, 0.25) is 0 Å². The number of carbonyl (C=O) groups excluding carboxylic acids is 1. The summed E-state index contributed by atoms with van der Waals surface area (Å²) >= 11 is 0. The number of likely N-dealkylation sites (tertiary alicyclic amines) is 1. The highest BCUT2D eigenvalue weighted by Gasteiger charge is 2.29. The van der Waals surface area contributed by atoms with Crippen LogP contribution in [0.15, 0.2) is 54.6 Å². The van der Waals surface area contributed by atoms with Gasteiger partial charge in [0.15, 0.2) is 0 Å². The zero-order valence-corrected chi connectivity index (χ0v) is 19.9. The molecule has 2 aromatic rings. The normalized spacial score (nSPS) is 16.0. The van der Waals surface area contributed by atoms with Crippen molar-refractivity contribution in [3.63, 3.8) is 0 Å². The molecule has 1 unspecified atom stereocenters. The summed E-state index contributed by atoms with van der Waals surface area (Å²) in [7, 11) is 0. The highest BCUT2D eigenvalue weighted by molar-refractivity contribution is 5.68. The number of nitrogens with zero attached hydrogens (tertiary/aromatic N) is 1. The second-order valence-corrected chi connectivity index (χ2v) is 9.07. The second kappa shape index (κ2) is 12.5. The molecule has 1 N–H and O–H groups in total. The lowest BCUT2D eigenvalue weighted by molar-refractivity contribution is 0.0290. The Balaban J connectivity index is 1.21. The number of hydrogen-bond donors (Lipinski definition) is 1. The summed E-state index contributed by atoms with van der Waals surface area (Å²) in [6.45, 7) is 9.92. The first-order chi connectivity index (χ1) is 15.9. The molecule has 0 bridgehead atoms. The Hall–Kier alpha value is -2.77. The summed E-state index contributed by atoms with van der Waals surface area (Å²) in [4.78, 5) is 13.9. The predicted molar refractivity (Wildman–Crippen MR) is 128 cm³/mol. The van der Waals surface area contributed by atoms with Gasteiger partial charge in [-0.1, -0.05) is 30.3 Å². The van der Waals surface area contributed by atoms with Crippen molar-refractivity contribution in [3.05, 3.63) is 60.2 Å². The molecule has 1 heterocycles. The van der Waals surface area contributed by atoms with Gasteiger partial charge in [-0.2, -0.15) is 0 Å². The van der Waals surface area contributed by atoms with Gasteiger partial charge in [0.05, 0.1) is 13.2 Å². The zero-order valence-electron chi connectivity index (χ0n) is 19.9. The molecule has 1 atom stereocenters. The van der Waals surface area contributed by atoms with Crippen LogP contribution in [0.3, 0.4) is 0 Å². The van der Waals surface area contributed by atoms with E-state index in [1.165, 1.54) is 0 Å². The van der Waals surface area contributed by atoms with Crippen LogP contribution in [0.5, 0.6) is 11.5 Å². The Labute approximate surface area is 197 Å². The summed E-state index contributed by atoms with van der Waals surface area (Å²) in [6.07, 6.45) is 0.684. The van der Waals surface area contributed by atoms with Gasteiger partial charge in [-0.15, -0.1) is 0 Å². The van der Waals surface area contributed by atoms with Crippen molar-refractivity contribution in [2.24, 2.45) is 0 Å². The first kappa shape index (κ1) is 24.9. The fraction of sp³-hybridized carbons (Fsp3) is 0.500. The number of hydrogen-bond acceptors (Lipinski definition) is 6. The van der Waals surface area contributed by atoms with E-state index >= 15 is 0 Å². The van der Waals surface area contributed by atoms with Crippen molar-refractivity contribution in [1.82, 2.24) is 10.2 Å². The van der Waals surface area contributed by atoms with Crippen molar-refractivity contribution in [2.45, 2.75) is 45.4 Å². The minimum Gasteiger partial charge on any atom is -0.491 e. The predicted octanol–water partition coefficient (Wildman–Crippen LogP) is 4.26. The van der Waals surface area contributed by atoms with E-state index in [9.17, 15) is 4.79 Å². The van der Waals surface area contributed by atoms with Gasteiger partial charge in [-0.3, -0.25) is 0 Å². The molecule has 7 nitrogen and oxygen atoms in total. The van der Waals surface area contributed by atoms with E-state index in [1.807, 2.05) is 75.4 Å². The molecular weight excluding hydrogens is 420 g/mol. The molecule has 180 valence electrons. The van der Waals surface area contributed by atoms with Gasteiger partial charge in [-0.05, 0) is 57.0 Å². The molecule has 1 fully saturated rings. The van der Waals surface area contributed by atoms with Crippen molar-refractivity contribution in [1.29, 1.82) is 0 Å². The van der Waals surface area contributed by atoms with Gasteiger partial charge in [0.2, 0.25) is 0 Å². The molecular formula is C26H36N2O5. The van der Waals surface area contributed by atoms with Crippen LogP contribution in [0.4, 0.5) is 4.79 Å². The van der Waals surface area contributed by atoms with E-state index < -0.39 is 5.60 Å². The molecule has 1 amide bonds. The Kier molecular flexibility index (Phi) is 9.39. The van der Waals surface area contributed by atoms with Crippen molar-refractivity contribution >= 4 is 6.09 Å². The van der Waals surface area contributed by atoms with E-state index in [-0.39, 0.29) is 12.1 Å². The van der Waals surface area contributed by atoms with Crippen LogP contribution in [-0.2, 0) is 16.1 Å². The third kappa shape index (κ3) is 9.32. The number of amides is 1. The minimum absolute atomic E-state index is 0.240. The lowest BCUT2D eigenvalue weighted by Gasteiger charge is -2.24. The molecule has 33 heavy (non-hydrogen) atoms. The van der Waals surface area contributed by atoms with Crippen molar-refractivity contribution in [3.8, 4) is 11.5 Å². The largest absolute Gasteiger partial charge is 0.491 e. The summed E-state index contributed by atoms with van der Waals surface area (Å²) in [6, 6.07) is 18.0. The molecule has 0 radical (unpaired) electrons. The maximum Gasteiger partial charge on any atom is 0.410 e. The summed E-state index contributed by atoms with van der Waals surface area (Å²) in [5, 5.41) is 3.44. The van der Waals surface area contributed by atoms with Crippen LogP contribution < -0.4 is 14.8 Å². The summed E-state index contributed by atoms with van der Waals surface area (Å²) in [5.41, 5.74) is 0.675. The van der Waals surface area contributed by atoms with Crippen molar-refractivity contribution < 1.29 is 23.7 Å². The summed E-state index contributed by atoms with van der Waals surface area (Å²) in [5.74, 6) is 1.60. The fourth-order valence-corrected chi connectivity index (χ4v) is 3.45.